The number of nitrogens with zero attached hydrogens (tertiary/aromatic N) is 1. The van der Waals surface area contributed by atoms with Crippen LogP contribution in [0.4, 0.5) is 0 Å². The molecule has 0 fully saturated rings. The van der Waals surface area contributed by atoms with E-state index in [0.29, 0.717) is 22.2 Å². The van der Waals surface area contributed by atoms with Crippen LogP contribution in [0, 0.1) is 0 Å². The van der Waals surface area contributed by atoms with Gasteiger partial charge in [-0.2, -0.15) is 0 Å². The van der Waals surface area contributed by atoms with E-state index in [4.69, 9.17) is 4.74 Å². The third kappa shape index (κ3) is 2.94. The third-order valence-electron chi connectivity index (χ3n) is 4.43. The molecular formula is C21H17NO4S. The van der Waals surface area contributed by atoms with Crippen molar-refractivity contribution >= 4 is 20.9 Å². The average molecular weight is 379 g/mol. The monoisotopic (exact) mass is 379 g/mol. The molecule has 0 amide bonds. The van der Waals surface area contributed by atoms with E-state index in [1.54, 1.807) is 55.8 Å². The minimum atomic E-state index is -3.78. The minimum absolute atomic E-state index is 0.0708. The zero-order valence-corrected chi connectivity index (χ0v) is 15.3. The largest absolute Gasteiger partial charge is 0.508 e. The van der Waals surface area contributed by atoms with Gasteiger partial charge in [-0.1, -0.05) is 30.3 Å². The molecule has 0 radical (unpaired) electrons. The van der Waals surface area contributed by atoms with Gasteiger partial charge in [-0.3, -0.25) is 0 Å². The predicted molar refractivity (Wildman–Crippen MR) is 105 cm³/mol. The summed E-state index contributed by atoms with van der Waals surface area (Å²) in [6.07, 6.45) is 1.58. The Hall–Kier alpha value is -3.25. The standard InChI is InChI=1S/C21H17NO4S/c1-26-17-7-5-6-15(12-17)20-14-22(21-11-10-16(23)13-19(20)21)27(24,25)18-8-3-2-4-9-18/h2-14,23H,1H3. The number of benzene rings is 3. The van der Waals surface area contributed by atoms with E-state index < -0.39 is 10.0 Å². The summed E-state index contributed by atoms with van der Waals surface area (Å²) >= 11 is 0. The topological polar surface area (TPSA) is 68.5 Å². The Morgan fingerprint density at radius 3 is 2.44 bits per heavy atom. The van der Waals surface area contributed by atoms with Gasteiger partial charge in [-0.25, -0.2) is 12.4 Å². The van der Waals surface area contributed by atoms with E-state index in [1.165, 1.54) is 10.0 Å². The summed E-state index contributed by atoms with van der Waals surface area (Å²) in [6, 6.07) is 20.3. The van der Waals surface area contributed by atoms with Crippen LogP contribution >= 0.6 is 0 Å². The van der Waals surface area contributed by atoms with E-state index in [9.17, 15) is 13.5 Å². The van der Waals surface area contributed by atoms with Crippen molar-refractivity contribution in [1.82, 2.24) is 3.97 Å². The Labute approximate surface area is 157 Å². The summed E-state index contributed by atoms with van der Waals surface area (Å²) in [4.78, 5) is 0.201. The summed E-state index contributed by atoms with van der Waals surface area (Å²) in [5.74, 6) is 0.737. The van der Waals surface area contributed by atoms with Gasteiger partial charge < -0.3 is 9.84 Å². The lowest BCUT2D eigenvalue weighted by Gasteiger charge is -2.07. The van der Waals surface area contributed by atoms with Crippen molar-refractivity contribution < 1.29 is 18.3 Å². The van der Waals surface area contributed by atoms with Crippen molar-refractivity contribution in [3.63, 3.8) is 0 Å². The third-order valence-corrected chi connectivity index (χ3v) is 6.12. The lowest BCUT2D eigenvalue weighted by Crippen LogP contribution is -2.11. The molecule has 136 valence electrons. The molecule has 0 spiro atoms. The van der Waals surface area contributed by atoms with Gasteiger partial charge in [0.05, 0.1) is 17.5 Å². The first-order valence-corrected chi connectivity index (χ1v) is 9.74. The molecule has 0 aliphatic rings. The van der Waals surface area contributed by atoms with Crippen LogP contribution in [0.2, 0.25) is 0 Å². The second-order valence-electron chi connectivity index (χ2n) is 6.09. The van der Waals surface area contributed by atoms with Crippen molar-refractivity contribution in [3.8, 4) is 22.6 Å². The summed E-state index contributed by atoms with van der Waals surface area (Å²) in [6.45, 7) is 0. The number of aromatic hydroxyl groups is 1. The molecule has 27 heavy (non-hydrogen) atoms. The fourth-order valence-electron chi connectivity index (χ4n) is 3.11. The number of phenols is 1. The molecule has 1 aromatic heterocycles. The number of phenolic OH excluding ortho intramolecular Hbond substituents is 1. The van der Waals surface area contributed by atoms with Gasteiger partial charge in [0.25, 0.3) is 10.0 Å². The van der Waals surface area contributed by atoms with Crippen LogP contribution in [0.25, 0.3) is 22.0 Å². The highest BCUT2D eigenvalue weighted by Gasteiger charge is 2.22. The second kappa shape index (κ2) is 6.48. The van der Waals surface area contributed by atoms with Crippen molar-refractivity contribution in [3.05, 3.63) is 79.0 Å². The molecule has 0 saturated heterocycles. The van der Waals surface area contributed by atoms with Crippen LogP contribution in [0.1, 0.15) is 0 Å². The van der Waals surface area contributed by atoms with Gasteiger partial charge in [-0.15, -0.1) is 0 Å². The van der Waals surface area contributed by atoms with Crippen LogP contribution in [0.5, 0.6) is 11.5 Å². The highest BCUT2D eigenvalue weighted by molar-refractivity contribution is 7.90. The molecule has 0 bridgehead atoms. The summed E-state index contributed by atoms with van der Waals surface area (Å²) in [5.41, 5.74) is 1.99. The Kier molecular flexibility index (Phi) is 4.12. The number of aromatic nitrogens is 1. The van der Waals surface area contributed by atoms with Crippen molar-refractivity contribution in [2.45, 2.75) is 4.90 Å². The van der Waals surface area contributed by atoms with Gasteiger partial charge in [0.1, 0.15) is 11.5 Å². The van der Waals surface area contributed by atoms with Gasteiger partial charge in [-0.05, 0) is 48.0 Å². The van der Waals surface area contributed by atoms with Crippen molar-refractivity contribution in [2.24, 2.45) is 0 Å². The van der Waals surface area contributed by atoms with E-state index in [2.05, 4.69) is 0 Å². The molecular weight excluding hydrogens is 362 g/mol. The van der Waals surface area contributed by atoms with Crippen molar-refractivity contribution in [1.29, 1.82) is 0 Å². The molecule has 1 heterocycles. The number of hydrogen-bond donors (Lipinski definition) is 1. The maximum atomic E-state index is 13.2. The smallest absolute Gasteiger partial charge is 0.268 e. The predicted octanol–water partition coefficient (Wildman–Crippen LogP) is 4.26. The second-order valence-corrected chi connectivity index (χ2v) is 7.91. The van der Waals surface area contributed by atoms with Crippen LogP contribution in [0.3, 0.4) is 0 Å². The Morgan fingerprint density at radius 2 is 1.70 bits per heavy atom. The van der Waals surface area contributed by atoms with E-state index in [-0.39, 0.29) is 10.6 Å². The van der Waals surface area contributed by atoms with Crippen LogP contribution in [0.15, 0.2) is 83.9 Å². The van der Waals surface area contributed by atoms with Crippen molar-refractivity contribution in [2.75, 3.05) is 7.11 Å². The number of fused-ring (bicyclic) bond motifs is 1. The molecule has 0 unspecified atom stereocenters. The van der Waals surface area contributed by atoms with Crippen LogP contribution in [-0.4, -0.2) is 24.6 Å². The normalized spacial score (nSPS) is 11.6. The quantitative estimate of drug-likeness (QED) is 0.575. The summed E-state index contributed by atoms with van der Waals surface area (Å²) in [5, 5.41) is 10.6. The Bertz CT molecular complexity index is 1230. The van der Waals surface area contributed by atoms with Gasteiger partial charge in [0.2, 0.25) is 0 Å². The minimum Gasteiger partial charge on any atom is -0.508 e. The van der Waals surface area contributed by atoms with Crippen LogP contribution < -0.4 is 4.74 Å². The van der Waals surface area contributed by atoms with Gasteiger partial charge >= 0.3 is 0 Å². The molecule has 1 N–H and O–H groups in total. The van der Waals surface area contributed by atoms with Crippen LogP contribution in [-0.2, 0) is 10.0 Å². The number of ether oxygens (including phenoxy) is 1. The average Bonchev–Trinajstić information content (AvgIpc) is 3.08. The molecule has 0 aliphatic carbocycles. The molecule has 5 nitrogen and oxygen atoms in total. The molecule has 0 saturated carbocycles. The zero-order chi connectivity index (χ0) is 19.0. The molecule has 0 aliphatic heterocycles. The van der Waals surface area contributed by atoms with Gasteiger partial charge in [0.15, 0.2) is 0 Å². The molecule has 3 aromatic carbocycles. The first-order valence-electron chi connectivity index (χ1n) is 8.30. The zero-order valence-electron chi connectivity index (χ0n) is 14.5. The van der Waals surface area contributed by atoms with E-state index >= 15 is 0 Å². The molecule has 0 atom stereocenters. The van der Waals surface area contributed by atoms with Gasteiger partial charge in [0, 0.05) is 17.1 Å². The molecule has 4 aromatic rings. The number of rotatable bonds is 4. The maximum Gasteiger partial charge on any atom is 0.268 e. The molecule has 6 heteroatoms. The highest BCUT2D eigenvalue weighted by Crippen LogP contribution is 2.36. The SMILES string of the molecule is COc1cccc(-c2cn(S(=O)(=O)c3ccccc3)c3ccc(O)cc23)c1. The Balaban J connectivity index is 2.01. The summed E-state index contributed by atoms with van der Waals surface area (Å²) < 4.78 is 32.9. The van der Waals surface area contributed by atoms with E-state index in [0.717, 1.165) is 5.56 Å². The first-order chi connectivity index (χ1) is 13.0. The van der Waals surface area contributed by atoms with E-state index in [1.807, 2.05) is 24.3 Å². The summed E-state index contributed by atoms with van der Waals surface area (Å²) in [7, 11) is -2.20. The molecule has 4 rings (SSSR count). The Morgan fingerprint density at radius 1 is 0.926 bits per heavy atom. The fourth-order valence-corrected chi connectivity index (χ4v) is 4.50. The number of methoxy groups -OCH3 is 1. The maximum absolute atomic E-state index is 13.2. The first kappa shape index (κ1) is 17.2. The highest BCUT2D eigenvalue weighted by atomic mass is 32.2. The number of hydrogen-bond acceptors (Lipinski definition) is 4. The lowest BCUT2D eigenvalue weighted by molar-refractivity contribution is 0.415. The fraction of sp³-hybridized carbons (Fsp3) is 0.0476. The lowest BCUT2D eigenvalue weighted by atomic mass is 10.0.